The molecule has 2 unspecified atom stereocenters. The van der Waals surface area contributed by atoms with E-state index in [0.717, 1.165) is 62.1 Å². The smallest absolute Gasteiger partial charge is 0.235 e. The first-order valence-corrected chi connectivity index (χ1v) is 16.0. The van der Waals surface area contributed by atoms with Gasteiger partial charge in [-0.05, 0) is 62.0 Å². The average molecular weight is 570 g/mol. The van der Waals surface area contributed by atoms with E-state index in [1.807, 2.05) is 0 Å². The zero-order valence-corrected chi connectivity index (χ0v) is 25.0. The lowest BCUT2D eigenvalue weighted by molar-refractivity contribution is -0.113. The van der Waals surface area contributed by atoms with Gasteiger partial charge in [-0.1, -0.05) is 39.0 Å². The molecule has 4 heterocycles. The van der Waals surface area contributed by atoms with Crippen molar-refractivity contribution in [3.63, 3.8) is 0 Å². The maximum atomic E-state index is 13.1. The highest BCUT2D eigenvalue weighted by molar-refractivity contribution is 7.99. The zero-order valence-electron chi connectivity index (χ0n) is 22.5. The van der Waals surface area contributed by atoms with Crippen molar-refractivity contribution in [2.75, 3.05) is 17.7 Å². The lowest BCUT2D eigenvalue weighted by Crippen LogP contribution is -2.28. The van der Waals surface area contributed by atoms with E-state index in [2.05, 4.69) is 65.3 Å². The van der Waals surface area contributed by atoms with Gasteiger partial charge in [0.1, 0.15) is 11.1 Å². The van der Waals surface area contributed by atoms with Crippen LogP contribution in [0.2, 0.25) is 0 Å². The van der Waals surface area contributed by atoms with Crippen molar-refractivity contribution < 1.29 is 9.53 Å². The van der Waals surface area contributed by atoms with Crippen LogP contribution in [-0.4, -0.2) is 39.1 Å². The minimum absolute atomic E-state index is 0.130. The van der Waals surface area contributed by atoms with E-state index in [1.165, 1.54) is 21.5 Å². The molecule has 5 rings (SSSR count). The van der Waals surface area contributed by atoms with E-state index < -0.39 is 0 Å². The third-order valence-corrected chi connectivity index (χ3v) is 11.1. The average Bonchev–Trinajstić information content (AvgIpc) is 3.70. The summed E-state index contributed by atoms with van der Waals surface area (Å²) in [5, 5.41) is 25.4. The van der Waals surface area contributed by atoms with Crippen LogP contribution in [0.3, 0.4) is 0 Å². The number of hydrogen-bond acceptors (Lipinski definition) is 8. The van der Waals surface area contributed by atoms with E-state index in [1.54, 1.807) is 22.7 Å². The molecule has 0 bridgehead atoms. The molecule has 10 heteroatoms. The molecule has 3 aromatic heterocycles. The quantitative estimate of drug-likeness (QED) is 0.288. The summed E-state index contributed by atoms with van der Waals surface area (Å²) in [6, 6.07) is 4.49. The van der Waals surface area contributed by atoms with Crippen LogP contribution in [0.1, 0.15) is 67.3 Å². The third-order valence-electron chi connectivity index (χ3n) is 8.09. The number of fused-ring (bicyclic) bond motifs is 1. The molecule has 0 aromatic carbocycles. The Morgan fingerprint density at radius 3 is 2.89 bits per heavy atom. The Morgan fingerprint density at radius 2 is 2.21 bits per heavy atom. The van der Waals surface area contributed by atoms with Crippen molar-refractivity contribution in [3.8, 4) is 17.5 Å². The molecule has 1 amide bonds. The second-order valence-corrected chi connectivity index (χ2v) is 14.1. The predicted octanol–water partition coefficient (Wildman–Crippen LogP) is 6.70. The first-order chi connectivity index (χ1) is 18.3. The molecular formula is C28H35N5O2S3. The number of carbonyl (C=O) groups is 1. The predicted molar refractivity (Wildman–Crippen MR) is 155 cm³/mol. The topological polar surface area (TPSA) is 92.8 Å². The number of nitriles is 1. The molecule has 7 nitrogen and oxygen atoms in total. The number of nitrogens with zero attached hydrogens (tertiary/aromatic N) is 4. The van der Waals surface area contributed by atoms with Crippen LogP contribution in [0.25, 0.3) is 11.4 Å². The van der Waals surface area contributed by atoms with Crippen LogP contribution >= 0.6 is 34.4 Å². The molecule has 0 spiro atoms. The molecule has 202 valence electrons. The molecule has 2 atom stereocenters. The molecule has 3 aromatic rings. The van der Waals surface area contributed by atoms with Crippen LogP contribution < -0.4 is 5.32 Å². The number of nitrogens with one attached hydrogen (secondary N) is 1. The Hall–Kier alpha value is -2.19. The van der Waals surface area contributed by atoms with E-state index >= 15 is 0 Å². The third kappa shape index (κ3) is 5.71. The summed E-state index contributed by atoms with van der Waals surface area (Å²) >= 11 is 4.65. The number of anilines is 1. The molecule has 0 radical (unpaired) electrons. The number of aryl methyl sites for hydroxylation is 1. The molecule has 2 aliphatic rings. The first kappa shape index (κ1) is 27.4. The van der Waals surface area contributed by atoms with Crippen LogP contribution in [-0.2, 0) is 28.9 Å². The first-order valence-electron chi connectivity index (χ1n) is 13.4. The van der Waals surface area contributed by atoms with Crippen molar-refractivity contribution in [1.29, 1.82) is 5.26 Å². The van der Waals surface area contributed by atoms with Gasteiger partial charge in [0.2, 0.25) is 5.91 Å². The molecule has 1 aliphatic carbocycles. The SMILES string of the molecule is CCC(C)(C)C1CCc2c(sc(NC(=O)CSc3nnc(-c4csc(C)c4)n3CC3CCCO3)c2C#N)C1. The number of amides is 1. The highest BCUT2D eigenvalue weighted by Gasteiger charge is 2.34. The van der Waals surface area contributed by atoms with Crippen LogP contribution in [0.15, 0.2) is 16.6 Å². The van der Waals surface area contributed by atoms with Crippen LogP contribution in [0, 0.1) is 29.6 Å². The second-order valence-electron chi connectivity index (χ2n) is 10.9. The van der Waals surface area contributed by atoms with Gasteiger partial charge in [0.15, 0.2) is 11.0 Å². The molecule has 0 saturated carbocycles. The minimum atomic E-state index is -0.130. The lowest BCUT2D eigenvalue weighted by atomic mass is 9.69. The number of hydrogen-bond donors (Lipinski definition) is 1. The Bertz CT molecular complexity index is 1340. The Labute approximate surface area is 237 Å². The monoisotopic (exact) mass is 569 g/mol. The maximum absolute atomic E-state index is 13.1. The standard InChI is InChI=1S/C28H35N5O2S3/c1-5-28(3,4)19-8-9-21-22(13-29)26(38-23(21)12-19)30-24(34)16-37-27-32-31-25(18-11-17(2)36-15-18)33(27)14-20-7-6-10-35-20/h11,15,19-20H,5-10,12,14,16H2,1-4H3,(H,30,34). The van der Waals surface area contributed by atoms with Gasteiger partial charge in [0.25, 0.3) is 0 Å². The molecule has 1 N–H and O–H groups in total. The Kier molecular flexibility index (Phi) is 8.29. The normalized spacial score (nSPS) is 19.3. The summed E-state index contributed by atoms with van der Waals surface area (Å²) in [5.74, 6) is 1.48. The summed E-state index contributed by atoms with van der Waals surface area (Å²) < 4.78 is 7.98. The van der Waals surface area contributed by atoms with Gasteiger partial charge in [-0.25, -0.2) is 0 Å². The molecule has 1 saturated heterocycles. The van der Waals surface area contributed by atoms with Gasteiger partial charge in [0, 0.05) is 27.3 Å². The van der Waals surface area contributed by atoms with Crippen molar-refractivity contribution in [2.24, 2.45) is 11.3 Å². The number of rotatable bonds is 9. The number of thiophene rings is 2. The largest absolute Gasteiger partial charge is 0.376 e. The lowest BCUT2D eigenvalue weighted by Gasteiger charge is -2.36. The van der Waals surface area contributed by atoms with Crippen molar-refractivity contribution in [1.82, 2.24) is 14.8 Å². The number of carbonyl (C=O) groups excluding carboxylic acids is 1. The Balaban J connectivity index is 1.29. The summed E-state index contributed by atoms with van der Waals surface area (Å²) in [6.45, 7) is 10.5. The molecule has 1 fully saturated rings. The number of thioether (sulfide) groups is 1. The maximum Gasteiger partial charge on any atom is 0.235 e. The van der Waals surface area contributed by atoms with Crippen molar-refractivity contribution >= 4 is 45.3 Å². The van der Waals surface area contributed by atoms with Crippen molar-refractivity contribution in [3.05, 3.63) is 32.3 Å². The van der Waals surface area contributed by atoms with E-state index in [-0.39, 0.29) is 23.2 Å². The van der Waals surface area contributed by atoms with Gasteiger partial charge < -0.3 is 10.1 Å². The molecule has 38 heavy (non-hydrogen) atoms. The number of ether oxygens (including phenoxy) is 1. The van der Waals surface area contributed by atoms with Gasteiger partial charge >= 0.3 is 0 Å². The molecular weight excluding hydrogens is 535 g/mol. The van der Waals surface area contributed by atoms with Crippen LogP contribution in [0.5, 0.6) is 0 Å². The van der Waals surface area contributed by atoms with Crippen LogP contribution in [0.4, 0.5) is 5.00 Å². The summed E-state index contributed by atoms with van der Waals surface area (Å²) in [7, 11) is 0. The molecule has 1 aliphatic heterocycles. The highest BCUT2D eigenvalue weighted by atomic mass is 32.2. The Morgan fingerprint density at radius 1 is 1.37 bits per heavy atom. The van der Waals surface area contributed by atoms with Gasteiger partial charge in [-0.2, -0.15) is 5.26 Å². The van der Waals surface area contributed by atoms with Gasteiger partial charge in [-0.15, -0.1) is 32.9 Å². The van der Waals surface area contributed by atoms with E-state index in [4.69, 9.17) is 4.74 Å². The van der Waals surface area contributed by atoms with Gasteiger partial charge in [0.05, 0.1) is 24.0 Å². The van der Waals surface area contributed by atoms with Gasteiger partial charge in [-0.3, -0.25) is 9.36 Å². The van der Waals surface area contributed by atoms with E-state index in [0.29, 0.717) is 28.2 Å². The summed E-state index contributed by atoms with van der Waals surface area (Å²) in [4.78, 5) is 15.5. The van der Waals surface area contributed by atoms with Crippen molar-refractivity contribution in [2.45, 2.75) is 84.0 Å². The number of aromatic nitrogens is 3. The summed E-state index contributed by atoms with van der Waals surface area (Å²) in [6.07, 6.45) is 6.33. The zero-order chi connectivity index (χ0) is 26.9. The minimum Gasteiger partial charge on any atom is -0.376 e. The summed E-state index contributed by atoms with van der Waals surface area (Å²) in [5.41, 5.74) is 3.10. The second kappa shape index (κ2) is 11.5. The fourth-order valence-electron chi connectivity index (χ4n) is 5.37. The fraction of sp³-hybridized carbons (Fsp3) is 0.571. The highest BCUT2D eigenvalue weighted by Crippen LogP contribution is 2.45. The fourth-order valence-corrected chi connectivity index (χ4v) is 8.09. The van der Waals surface area contributed by atoms with E-state index in [9.17, 15) is 10.1 Å².